The Morgan fingerprint density at radius 3 is 2.90 bits per heavy atom. The standard InChI is InChI=1S/C14H23N3O3/c1-9(2)16-5-11(15)4-13(16)14(19)17-6-12(7-18)20-8-10(17)3/h4-5,9-10,12,18H,6-8,15H2,1-3H3. The maximum Gasteiger partial charge on any atom is 0.270 e. The molecule has 0 radical (unpaired) electrons. The van der Waals surface area contributed by atoms with Gasteiger partial charge in [0.15, 0.2) is 0 Å². The average molecular weight is 281 g/mol. The number of nitrogens with zero attached hydrogens (tertiary/aromatic N) is 2. The van der Waals surface area contributed by atoms with Crippen LogP contribution in [0.3, 0.4) is 0 Å². The van der Waals surface area contributed by atoms with Gasteiger partial charge in [0.2, 0.25) is 0 Å². The van der Waals surface area contributed by atoms with Crippen molar-refractivity contribution < 1.29 is 14.6 Å². The largest absolute Gasteiger partial charge is 0.397 e. The molecule has 20 heavy (non-hydrogen) atoms. The van der Waals surface area contributed by atoms with Crippen molar-refractivity contribution in [3.63, 3.8) is 0 Å². The number of hydrogen-bond donors (Lipinski definition) is 2. The first-order chi connectivity index (χ1) is 9.43. The minimum absolute atomic E-state index is 0.0120. The summed E-state index contributed by atoms with van der Waals surface area (Å²) in [5.74, 6) is -0.0651. The Morgan fingerprint density at radius 1 is 1.60 bits per heavy atom. The maximum atomic E-state index is 12.7. The van der Waals surface area contributed by atoms with Gasteiger partial charge in [0.05, 0.1) is 31.0 Å². The molecule has 1 saturated heterocycles. The number of aliphatic hydroxyl groups is 1. The second kappa shape index (κ2) is 5.85. The van der Waals surface area contributed by atoms with Crippen LogP contribution in [0.15, 0.2) is 12.3 Å². The summed E-state index contributed by atoms with van der Waals surface area (Å²) in [5.41, 5.74) is 6.99. The summed E-state index contributed by atoms with van der Waals surface area (Å²) in [6, 6.07) is 1.86. The van der Waals surface area contributed by atoms with Gasteiger partial charge >= 0.3 is 0 Å². The SMILES string of the molecule is CC1COC(CO)CN1C(=O)c1cc(N)cn1C(C)C. The fourth-order valence-corrected chi connectivity index (χ4v) is 2.46. The molecule has 0 saturated carbocycles. The molecule has 0 aliphatic carbocycles. The Labute approximate surface area is 119 Å². The molecule has 1 aromatic heterocycles. The monoisotopic (exact) mass is 281 g/mol. The summed E-state index contributed by atoms with van der Waals surface area (Å²) < 4.78 is 7.35. The molecule has 1 aliphatic heterocycles. The van der Waals surface area contributed by atoms with E-state index in [2.05, 4.69) is 0 Å². The number of aliphatic hydroxyl groups excluding tert-OH is 1. The van der Waals surface area contributed by atoms with E-state index < -0.39 is 0 Å². The molecule has 0 aromatic carbocycles. The molecule has 6 nitrogen and oxygen atoms in total. The third-order valence-electron chi connectivity index (χ3n) is 3.62. The zero-order chi connectivity index (χ0) is 14.9. The number of rotatable bonds is 3. The summed E-state index contributed by atoms with van der Waals surface area (Å²) in [4.78, 5) is 14.5. The van der Waals surface area contributed by atoms with Crippen molar-refractivity contribution in [2.45, 2.75) is 39.0 Å². The fraction of sp³-hybridized carbons (Fsp3) is 0.643. The first kappa shape index (κ1) is 14.9. The van der Waals surface area contributed by atoms with Gasteiger partial charge in [-0.25, -0.2) is 0 Å². The van der Waals surface area contributed by atoms with Crippen LogP contribution < -0.4 is 5.73 Å². The van der Waals surface area contributed by atoms with Gasteiger partial charge in [-0.15, -0.1) is 0 Å². The van der Waals surface area contributed by atoms with Crippen LogP contribution in [0, 0.1) is 0 Å². The van der Waals surface area contributed by atoms with Crippen molar-refractivity contribution in [1.82, 2.24) is 9.47 Å². The number of amides is 1. The van der Waals surface area contributed by atoms with E-state index in [0.717, 1.165) is 0 Å². The molecule has 112 valence electrons. The lowest BCUT2D eigenvalue weighted by Crippen LogP contribution is -2.52. The van der Waals surface area contributed by atoms with Crippen LogP contribution >= 0.6 is 0 Å². The number of carbonyl (C=O) groups is 1. The van der Waals surface area contributed by atoms with Gasteiger partial charge in [0.25, 0.3) is 5.91 Å². The molecule has 2 atom stereocenters. The Hall–Kier alpha value is -1.53. The molecule has 0 spiro atoms. The van der Waals surface area contributed by atoms with Crippen molar-refractivity contribution in [3.8, 4) is 0 Å². The third kappa shape index (κ3) is 2.81. The highest BCUT2D eigenvalue weighted by atomic mass is 16.5. The van der Waals surface area contributed by atoms with Crippen molar-refractivity contribution in [1.29, 1.82) is 0 Å². The van der Waals surface area contributed by atoms with E-state index in [1.807, 2.05) is 25.3 Å². The van der Waals surface area contributed by atoms with Gasteiger partial charge in [-0.1, -0.05) is 0 Å². The first-order valence-electron chi connectivity index (χ1n) is 6.94. The van der Waals surface area contributed by atoms with Crippen LogP contribution in [0.25, 0.3) is 0 Å². The first-order valence-corrected chi connectivity index (χ1v) is 6.94. The summed E-state index contributed by atoms with van der Waals surface area (Å²) in [5, 5.41) is 9.21. The molecular weight excluding hydrogens is 258 g/mol. The molecule has 1 aromatic rings. The van der Waals surface area contributed by atoms with Crippen LogP contribution in [0.4, 0.5) is 5.69 Å². The molecule has 2 rings (SSSR count). The summed E-state index contributed by atoms with van der Waals surface area (Å²) >= 11 is 0. The van der Waals surface area contributed by atoms with Gasteiger partial charge in [0, 0.05) is 18.8 Å². The predicted octanol–water partition coefficient (Wildman–Crippen LogP) is 0.873. The second-order valence-corrected chi connectivity index (χ2v) is 5.60. The number of nitrogen functional groups attached to an aromatic ring is 1. The summed E-state index contributed by atoms with van der Waals surface area (Å²) in [7, 11) is 0. The summed E-state index contributed by atoms with van der Waals surface area (Å²) in [6.45, 7) is 6.72. The highest BCUT2D eigenvalue weighted by Crippen LogP contribution is 2.21. The van der Waals surface area contributed by atoms with E-state index in [0.29, 0.717) is 24.5 Å². The number of morpholine rings is 1. The molecule has 2 heterocycles. The maximum absolute atomic E-state index is 12.7. The Balaban J connectivity index is 2.25. The normalized spacial score (nSPS) is 23.4. The minimum atomic E-state index is -0.310. The van der Waals surface area contributed by atoms with Crippen molar-refractivity contribution in [3.05, 3.63) is 18.0 Å². The van der Waals surface area contributed by atoms with Crippen molar-refractivity contribution >= 4 is 11.6 Å². The van der Waals surface area contributed by atoms with Gasteiger partial charge in [-0.2, -0.15) is 0 Å². The van der Waals surface area contributed by atoms with Gasteiger partial charge < -0.3 is 25.0 Å². The predicted molar refractivity (Wildman–Crippen MR) is 76.6 cm³/mol. The second-order valence-electron chi connectivity index (χ2n) is 5.60. The molecule has 1 amide bonds. The molecule has 2 unspecified atom stereocenters. The molecule has 3 N–H and O–H groups in total. The Bertz CT molecular complexity index is 484. The number of aromatic nitrogens is 1. The van der Waals surface area contributed by atoms with E-state index in [9.17, 15) is 9.90 Å². The minimum Gasteiger partial charge on any atom is -0.397 e. The van der Waals surface area contributed by atoms with E-state index in [1.165, 1.54) is 0 Å². The van der Waals surface area contributed by atoms with Crippen LogP contribution in [-0.2, 0) is 4.74 Å². The van der Waals surface area contributed by atoms with Crippen LogP contribution in [0.1, 0.15) is 37.3 Å². The van der Waals surface area contributed by atoms with Crippen molar-refractivity contribution in [2.75, 3.05) is 25.5 Å². The van der Waals surface area contributed by atoms with E-state index in [4.69, 9.17) is 10.5 Å². The quantitative estimate of drug-likeness (QED) is 0.861. The van der Waals surface area contributed by atoms with Crippen LogP contribution in [0.2, 0.25) is 0 Å². The smallest absolute Gasteiger partial charge is 0.270 e. The van der Waals surface area contributed by atoms with Crippen LogP contribution in [0.5, 0.6) is 0 Å². The lowest BCUT2D eigenvalue weighted by molar-refractivity contribution is -0.0670. The highest BCUT2D eigenvalue weighted by molar-refractivity contribution is 5.94. The van der Waals surface area contributed by atoms with Gasteiger partial charge in [-0.3, -0.25) is 4.79 Å². The number of anilines is 1. The van der Waals surface area contributed by atoms with Gasteiger partial charge in [0.1, 0.15) is 5.69 Å². The zero-order valence-electron chi connectivity index (χ0n) is 12.2. The number of hydrogen-bond acceptors (Lipinski definition) is 4. The average Bonchev–Trinajstić information content (AvgIpc) is 2.81. The topological polar surface area (TPSA) is 80.7 Å². The third-order valence-corrected chi connectivity index (χ3v) is 3.62. The Kier molecular flexibility index (Phi) is 4.35. The molecule has 1 fully saturated rings. The highest BCUT2D eigenvalue weighted by Gasteiger charge is 2.31. The van der Waals surface area contributed by atoms with Crippen molar-refractivity contribution in [2.24, 2.45) is 0 Å². The molecular formula is C14H23N3O3. The van der Waals surface area contributed by atoms with E-state index >= 15 is 0 Å². The Morgan fingerprint density at radius 2 is 2.30 bits per heavy atom. The van der Waals surface area contributed by atoms with Gasteiger partial charge in [-0.05, 0) is 26.8 Å². The van der Waals surface area contributed by atoms with Crippen LogP contribution in [-0.4, -0.2) is 52.4 Å². The molecule has 0 bridgehead atoms. The zero-order valence-corrected chi connectivity index (χ0v) is 12.2. The lowest BCUT2D eigenvalue weighted by atomic mass is 10.1. The fourth-order valence-electron chi connectivity index (χ4n) is 2.46. The lowest BCUT2D eigenvalue weighted by Gasteiger charge is -2.37. The number of nitrogens with two attached hydrogens (primary N) is 1. The number of ether oxygens (including phenoxy) is 1. The van der Waals surface area contributed by atoms with E-state index in [-0.39, 0.29) is 30.7 Å². The molecule has 1 aliphatic rings. The summed E-state index contributed by atoms with van der Waals surface area (Å²) in [6.07, 6.45) is 1.47. The molecule has 6 heteroatoms. The van der Waals surface area contributed by atoms with E-state index in [1.54, 1.807) is 17.2 Å². The number of carbonyl (C=O) groups excluding carboxylic acids is 1.